The van der Waals surface area contributed by atoms with Gasteiger partial charge in [-0.1, -0.05) is 18.2 Å². The van der Waals surface area contributed by atoms with E-state index in [1.807, 2.05) is 30.3 Å². The maximum atomic E-state index is 12.8. The minimum absolute atomic E-state index is 0.211. The van der Waals surface area contributed by atoms with Crippen LogP contribution in [-0.4, -0.2) is 25.1 Å². The highest BCUT2D eigenvalue weighted by atomic mass is 32.1. The van der Waals surface area contributed by atoms with Gasteiger partial charge in [-0.2, -0.15) is 0 Å². The summed E-state index contributed by atoms with van der Waals surface area (Å²) in [7, 11) is 0. The summed E-state index contributed by atoms with van der Waals surface area (Å²) in [4.78, 5) is 26.5. The normalized spacial score (nSPS) is 15.1. The van der Waals surface area contributed by atoms with E-state index in [0.717, 1.165) is 42.6 Å². The third-order valence-corrected chi connectivity index (χ3v) is 6.01. The number of anilines is 1. The van der Waals surface area contributed by atoms with Crippen molar-refractivity contribution in [2.24, 2.45) is 0 Å². The van der Waals surface area contributed by atoms with E-state index in [4.69, 9.17) is 9.47 Å². The molecule has 0 saturated heterocycles. The van der Waals surface area contributed by atoms with E-state index in [2.05, 4.69) is 5.32 Å². The first-order valence-electron chi connectivity index (χ1n) is 9.22. The standard InChI is InChI=1S/C21H21NO4S/c1-2-25-21(24)18-15-8-4-6-10-17(15)27-20(18)22-19(23)14-11-13-7-3-5-9-16(13)26-12-14/h3,5,7,9,11H,2,4,6,8,10,12H2,1H3,(H,22,23). The summed E-state index contributed by atoms with van der Waals surface area (Å²) in [5.41, 5.74) is 2.99. The number of hydrogen-bond acceptors (Lipinski definition) is 5. The number of aryl methyl sites for hydroxylation is 1. The Morgan fingerprint density at radius 3 is 2.89 bits per heavy atom. The number of para-hydroxylation sites is 1. The maximum absolute atomic E-state index is 12.8. The van der Waals surface area contributed by atoms with Crippen LogP contribution in [0.15, 0.2) is 29.8 Å². The Labute approximate surface area is 162 Å². The molecule has 2 heterocycles. The Kier molecular flexibility index (Phi) is 4.99. The lowest BCUT2D eigenvalue weighted by molar-refractivity contribution is -0.113. The van der Waals surface area contributed by atoms with Crippen molar-refractivity contribution in [3.05, 3.63) is 51.4 Å². The van der Waals surface area contributed by atoms with Gasteiger partial charge in [0.2, 0.25) is 0 Å². The van der Waals surface area contributed by atoms with Crippen LogP contribution in [0.25, 0.3) is 6.08 Å². The summed E-state index contributed by atoms with van der Waals surface area (Å²) in [5.74, 6) is 0.174. The van der Waals surface area contributed by atoms with Crippen LogP contribution < -0.4 is 10.1 Å². The van der Waals surface area contributed by atoms with Gasteiger partial charge in [-0.3, -0.25) is 4.79 Å². The number of thiophene rings is 1. The Hall–Kier alpha value is -2.60. The highest BCUT2D eigenvalue weighted by molar-refractivity contribution is 7.17. The van der Waals surface area contributed by atoms with Crippen LogP contribution in [-0.2, 0) is 22.4 Å². The van der Waals surface area contributed by atoms with Crippen LogP contribution >= 0.6 is 11.3 Å². The molecule has 1 aliphatic heterocycles. The maximum Gasteiger partial charge on any atom is 0.341 e. The van der Waals surface area contributed by atoms with E-state index < -0.39 is 0 Å². The molecule has 1 amide bonds. The molecular formula is C21H21NO4S. The number of esters is 1. The van der Waals surface area contributed by atoms with Gasteiger partial charge in [-0.15, -0.1) is 11.3 Å². The number of carbonyl (C=O) groups is 2. The Morgan fingerprint density at radius 1 is 1.22 bits per heavy atom. The van der Waals surface area contributed by atoms with Crippen molar-refractivity contribution in [1.82, 2.24) is 0 Å². The first-order valence-corrected chi connectivity index (χ1v) is 10.0. The minimum Gasteiger partial charge on any atom is -0.488 e. The Balaban J connectivity index is 1.63. The number of ether oxygens (including phenoxy) is 2. The molecule has 0 bridgehead atoms. The molecule has 1 aliphatic carbocycles. The smallest absolute Gasteiger partial charge is 0.341 e. The summed E-state index contributed by atoms with van der Waals surface area (Å²) in [5, 5.41) is 3.53. The molecule has 1 N–H and O–H groups in total. The van der Waals surface area contributed by atoms with Crippen molar-refractivity contribution in [2.75, 3.05) is 18.5 Å². The van der Waals surface area contributed by atoms with Crippen LogP contribution in [0.2, 0.25) is 0 Å². The molecule has 2 aliphatic rings. The third-order valence-electron chi connectivity index (χ3n) is 4.80. The van der Waals surface area contributed by atoms with Gasteiger partial charge in [0, 0.05) is 10.4 Å². The van der Waals surface area contributed by atoms with Gasteiger partial charge < -0.3 is 14.8 Å². The van der Waals surface area contributed by atoms with Crippen LogP contribution in [0, 0.1) is 0 Å². The zero-order valence-corrected chi connectivity index (χ0v) is 16.0. The fraction of sp³-hybridized carbons (Fsp3) is 0.333. The summed E-state index contributed by atoms with van der Waals surface area (Å²) >= 11 is 1.49. The summed E-state index contributed by atoms with van der Waals surface area (Å²) < 4.78 is 10.9. The van der Waals surface area contributed by atoms with Crippen LogP contribution in [0.1, 0.15) is 46.1 Å². The van der Waals surface area contributed by atoms with Gasteiger partial charge in [0.1, 0.15) is 17.4 Å². The van der Waals surface area contributed by atoms with Crippen molar-refractivity contribution in [1.29, 1.82) is 0 Å². The topological polar surface area (TPSA) is 64.6 Å². The van der Waals surface area contributed by atoms with E-state index >= 15 is 0 Å². The van der Waals surface area contributed by atoms with Crippen molar-refractivity contribution in [3.63, 3.8) is 0 Å². The summed E-state index contributed by atoms with van der Waals surface area (Å²) in [6.07, 6.45) is 5.81. The number of nitrogens with one attached hydrogen (secondary N) is 1. The predicted molar refractivity (Wildman–Crippen MR) is 105 cm³/mol. The van der Waals surface area contributed by atoms with E-state index in [-0.39, 0.29) is 18.5 Å². The van der Waals surface area contributed by atoms with Gasteiger partial charge in [0.25, 0.3) is 5.91 Å². The lowest BCUT2D eigenvalue weighted by atomic mass is 9.95. The fourth-order valence-electron chi connectivity index (χ4n) is 3.50. The number of amides is 1. The zero-order chi connectivity index (χ0) is 18.8. The molecule has 1 aromatic heterocycles. The minimum atomic E-state index is -0.355. The monoisotopic (exact) mass is 383 g/mol. The lowest BCUT2D eigenvalue weighted by Gasteiger charge is -2.17. The van der Waals surface area contributed by atoms with Gasteiger partial charge in [0.15, 0.2) is 0 Å². The molecule has 4 rings (SSSR count). The molecule has 0 saturated carbocycles. The second-order valence-corrected chi connectivity index (χ2v) is 7.69. The van der Waals surface area contributed by atoms with E-state index in [1.165, 1.54) is 16.2 Å². The van der Waals surface area contributed by atoms with Crippen LogP contribution in [0.3, 0.4) is 0 Å². The number of rotatable bonds is 4. The molecule has 27 heavy (non-hydrogen) atoms. The number of benzene rings is 1. The second kappa shape index (κ2) is 7.56. The van der Waals surface area contributed by atoms with Gasteiger partial charge in [-0.05, 0) is 50.3 Å². The van der Waals surface area contributed by atoms with Gasteiger partial charge >= 0.3 is 5.97 Å². The average Bonchev–Trinajstić information content (AvgIpc) is 3.05. The molecule has 0 atom stereocenters. The molecule has 140 valence electrons. The second-order valence-electron chi connectivity index (χ2n) is 6.59. The van der Waals surface area contributed by atoms with Gasteiger partial charge in [-0.25, -0.2) is 4.79 Å². The predicted octanol–water partition coefficient (Wildman–Crippen LogP) is 4.22. The highest BCUT2D eigenvalue weighted by Gasteiger charge is 2.28. The summed E-state index contributed by atoms with van der Waals surface area (Å²) in [6.45, 7) is 2.31. The van der Waals surface area contributed by atoms with Crippen LogP contribution in [0.5, 0.6) is 5.75 Å². The molecule has 0 radical (unpaired) electrons. The SMILES string of the molecule is CCOC(=O)c1c(NC(=O)C2=Cc3ccccc3OC2)sc2c1CCCC2. The van der Waals surface area contributed by atoms with Crippen molar-refractivity contribution in [2.45, 2.75) is 32.6 Å². The van der Waals surface area contributed by atoms with E-state index in [0.29, 0.717) is 22.7 Å². The molecule has 2 aromatic rings. The Bertz CT molecular complexity index is 928. The van der Waals surface area contributed by atoms with Crippen molar-refractivity contribution in [3.8, 4) is 5.75 Å². The third kappa shape index (κ3) is 3.49. The number of hydrogen-bond donors (Lipinski definition) is 1. The van der Waals surface area contributed by atoms with Crippen molar-refractivity contribution < 1.29 is 19.1 Å². The average molecular weight is 383 g/mol. The number of carbonyl (C=O) groups excluding carboxylic acids is 2. The van der Waals surface area contributed by atoms with Crippen molar-refractivity contribution >= 4 is 34.3 Å². The summed E-state index contributed by atoms with van der Waals surface area (Å²) in [6, 6.07) is 7.60. The van der Waals surface area contributed by atoms with E-state index in [1.54, 1.807) is 6.92 Å². The highest BCUT2D eigenvalue weighted by Crippen LogP contribution is 2.39. The molecule has 5 nitrogen and oxygen atoms in total. The van der Waals surface area contributed by atoms with Crippen LogP contribution in [0.4, 0.5) is 5.00 Å². The molecule has 0 spiro atoms. The Morgan fingerprint density at radius 2 is 2.04 bits per heavy atom. The quantitative estimate of drug-likeness (QED) is 0.803. The lowest BCUT2D eigenvalue weighted by Crippen LogP contribution is -2.22. The molecule has 0 fully saturated rings. The van der Waals surface area contributed by atoms with E-state index in [9.17, 15) is 9.59 Å². The molecular weight excluding hydrogens is 362 g/mol. The zero-order valence-electron chi connectivity index (χ0n) is 15.2. The fourth-order valence-corrected chi connectivity index (χ4v) is 4.78. The molecule has 0 unspecified atom stereocenters. The number of fused-ring (bicyclic) bond motifs is 2. The molecule has 6 heteroatoms. The first-order chi connectivity index (χ1) is 13.2. The first kappa shape index (κ1) is 17.8. The van der Waals surface area contributed by atoms with Gasteiger partial charge in [0.05, 0.1) is 17.7 Å². The largest absolute Gasteiger partial charge is 0.488 e. The molecule has 1 aromatic carbocycles.